The molecular formula is C16H24N4O. The van der Waals surface area contributed by atoms with Crippen LogP contribution in [0.5, 0.6) is 0 Å². The van der Waals surface area contributed by atoms with Crippen molar-refractivity contribution in [1.82, 2.24) is 9.88 Å². The highest BCUT2D eigenvalue weighted by Gasteiger charge is 2.30. The standard InChI is InChI=1S/C16H24N4O/c1-19-10-8-13(9-11-19)20(2)15-5-3-4-14(17-15)18-16(21)12-6-7-12/h3-5,12-13H,6-11H2,1-2H3,(H,17,18,21). The van der Waals surface area contributed by atoms with E-state index in [0.29, 0.717) is 11.9 Å². The zero-order valence-electron chi connectivity index (χ0n) is 12.9. The first-order valence-corrected chi connectivity index (χ1v) is 7.83. The first kappa shape index (κ1) is 14.3. The molecule has 0 radical (unpaired) electrons. The summed E-state index contributed by atoms with van der Waals surface area (Å²) in [6.45, 7) is 2.26. The third-order valence-corrected chi connectivity index (χ3v) is 4.53. The average Bonchev–Trinajstić information content (AvgIpc) is 3.32. The van der Waals surface area contributed by atoms with Crippen molar-refractivity contribution in [2.75, 3.05) is 37.4 Å². The molecule has 0 unspecified atom stereocenters. The van der Waals surface area contributed by atoms with Gasteiger partial charge >= 0.3 is 0 Å². The molecule has 1 aromatic heterocycles. The SMILES string of the molecule is CN1CCC(N(C)c2cccc(NC(=O)C3CC3)n2)CC1. The molecule has 5 nitrogen and oxygen atoms in total. The highest BCUT2D eigenvalue weighted by atomic mass is 16.2. The van der Waals surface area contributed by atoms with Crippen LogP contribution >= 0.6 is 0 Å². The maximum atomic E-state index is 11.8. The van der Waals surface area contributed by atoms with Gasteiger partial charge in [0.05, 0.1) is 0 Å². The largest absolute Gasteiger partial charge is 0.357 e. The number of rotatable bonds is 4. The lowest BCUT2D eigenvalue weighted by atomic mass is 10.0. The summed E-state index contributed by atoms with van der Waals surface area (Å²) in [5.74, 6) is 1.94. The summed E-state index contributed by atoms with van der Waals surface area (Å²) in [5, 5.41) is 2.92. The second-order valence-electron chi connectivity index (χ2n) is 6.29. The van der Waals surface area contributed by atoms with E-state index in [4.69, 9.17) is 0 Å². The summed E-state index contributed by atoms with van der Waals surface area (Å²) in [5.41, 5.74) is 0. The van der Waals surface area contributed by atoms with E-state index in [0.717, 1.165) is 44.6 Å². The normalized spacial score (nSPS) is 20.3. The Bertz CT molecular complexity index is 507. The van der Waals surface area contributed by atoms with Gasteiger partial charge in [0, 0.05) is 19.0 Å². The molecule has 2 fully saturated rings. The average molecular weight is 288 g/mol. The number of nitrogens with one attached hydrogen (secondary N) is 1. The second-order valence-corrected chi connectivity index (χ2v) is 6.29. The van der Waals surface area contributed by atoms with Gasteiger partial charge in [-0.1, -0.05) is 6.07 Å². The van der Waals surface area contributed by atoms with Crippen LogP contribution in [-0.4, -0.2) is 49.0 Å². The van der Waals surface area contributed by atoms with Crippen LogP contribution in [0.1, 0.15) is 25.7 Å². The van der Waals surface area contributed by atoms with Gasteiger partial charge < -0.3 is 15.1 Å². The lowest BCUT2D eigenvalue weighted by molar-refractivity contribution is -0.117. The lowest BCUT2D eigenvalue weighted by Gasteiger charge is -2.35. The van der Waals surface area contributed by atoms with Gasteiger partial charge in [-0.15, -0.1) is 0 Å². The molecule has 1 saturated heterocycles. The van der Waals surface area contributed by atoms with E-state index in [-0.39, 0.29) is 11.8 Å². The Morgan fingerprint density at radius 3 is 2.67 bits per heavy atom. The fraction of sp³-hybridized carbons (Fsp3) is 0.625. The molecule has 5 heteroatoms. The van der Waals surface area contributed by atoms with E-state index in [2.05, 4.69) is 34.2 Å². The fourth-order valence-corrected chi connectivity index (χ4v) is 2.83. The predicted molar refractivity (Wildman–Crippen MR) is 84.5 cm³/mol. The molecular weight excluding hydrogens is 264 g/mol. The molecule has 1 saturated carbocycles. The molecule has 2 heterocycles. The summed E-state index contributed by atoms with van der Waals surface area (Å²) < 4.78 is 0. The van der Waals surface area contributed by atoms with E-state index in [1.54, 1.807) is 0 Å². The van der Waals surface area contributed by atoms with Gasteiger partial charge in [0.15, 0.2) is 0 Å². The maximum absolute atomic E-state index is 11.8. The molecule has 0 aromatic carbocycles. The van der Waals surface area contributed by atoms with Crippen molar-refractivity contribution in [3.05, 3.63) is 18.2 Å². The number of likely N-dealkylation sites (tertiary alicyclic amines) is 1. The molecule has 0 spiro atoms. The summed E-state index contributed by atoms with van der Waals surface area (Å²) in [7, 11) is 4.27. The van der Waals surface area contributed by atoms with Crippen molar-refractivity contribution < 1.29 is 4.79 Å². The van der Waals surface area contributed by atoms with E-state index in [1.165, 1.54) is 0 Å². The monoisotopic (exact) mass is 288 g/mol. The fourth-order valence-electron chi connectivity index (χ4n) is 2.83. The van der Waals surface area contributed by atoms with Crippen LogP contribution in [0.15, 0.2) is 18.2 Å². The molecule has 114 valence electrons. The van der Waals surface area contributed by atoms with E-state index in [9.17, 15) is 4.79 Å². The minimum absolute atomic E-state index is 0.113. The molecule has 0 bridgehead atoms. The first-order valence-electron chi connectivity index (χ1n) is 7.83. The molecule has 1 amide bonds. The number of carbonyl (C=O) groups excluding carboxylic acids is 1. The Balaban J connectivity index is 1.65. The number of anilines is 2. The van der Waals surface area contributed by atoms with Crippen LogP contribution in [0.3, 0.4) is 0 Å². The van der Waals surface area contributed by atoms with Crippen LogP contribution in [0.2, 0.25) is 0 Å². The molecule has 1 aliphatic carbocycles. The predicted octanol–water partition coefficient (Wildman–Crippen LogP) is 1.96. The van der Waals surface area contributed by atoms with Crippen LogP contribution in [-0.2, 0) is 4.79 Å². The number of carbonyl (C=O) groups is 1. The molecule has 1 aromatic rings. The number of amides is 1. The van der Waals surface area contributed by atoms with Gasteiger partial charge in [-0.2, -0.15) is 0 Å². The zero-order valence-corrected chi connectivity index (χ0v) is 12.9. The van der Waals surface area contributed by atoms with E-state index < -0.39 is 0 Å². The van der Waals surface area contributed by atoms with Crippen LogP contribution in [0.4, 0.5) is 11.6 Å². The third-order valence-electron chi connectivity index (χ3n) is 4.53. The lowest BCUT2D eigenvalue weighted by Crippen LogP contribution is -2.42. The van der Waals surface area contributed by atoms with Gasteiger partial charge in [-0.3, -0.25) is 4.79 Å². The molecule has 3 rings (SSSR count). The number of pyridine rings is 1. The minimum Gasteiger partial charge on any atom is -0.357 e. The Morgan fingerprint density at radius 2 is 2.00 bits per heavy atom. The Kier molecular flexibility index (Phi) is 4.10. The molecule has 1 aliphatic heterocycles. The Labute approximate surface area is 126 Å². The minimum atomic E-state index is 0.113. The third kappa shape index (κ3) is 3.53. The van der Waals surface area contributed by atoms with Crippen molar-refractivity contribution in [3.63, 3.8) is 0 Å². The Morgan fingerprint density at radius 1 is 1.29 bits per heavy atom. The zero-order chi connectivity index (χ0) is 14.8. The number of nitrogens with zero attached hydrogens (tertiary/aromatic N) is 3. The van der Waals surface area contributed by atoms with Crippen LogP contribution < -0.4 is 10.2 Å². The Hall–Kier alpha value is -1.62. The number of piperidine rings is 1. The van der Waals surface area contributed by atoms with E-state index in [1.807, 2.05) is 18.2 Å². The number of hydrogen-bond acceptors (Lipinski definition) is 4. The molecule has 0 atom stereocenters. The van der Waals surface area contributed by atoms with Crippen molar-refractivity contribution in [2.24, 2.45) is 5.92 Å². The van der Waals surface area contributed by atoms with Gasteiger partial charge in [-0.25, -0.2) is 4.98 Å². The molecule has 21 heavy (non-hydrogen) atoms. The van der Waals surface area contributed by atoms with Crippen LogP contribution in [0.25, 0.3) is 0 Å². The van der Waals surface area contributed by atoms with Crippen molar-refractivity contribution in [3.8, 4) is 0 Å². The first-order chi connectivity index (χ1) is 10.1. The van der Waals surface area contributed by atoms with Crippen molar-refractivity contribution in [2.45, 2.75) is 31.7 Å². The number of aromatic nitrogens is 1. The maximum Gasteiger partial charge on any atom is 0.228 e. The summed E-state index contributed by atoms with van der Waals surface area (Å²) in [6, 6.07) is 6.39. The van der Waals surface area contributed by atoms with Gasteiger partial charge in [0.1, 0.15) is 11.6 Å². The highest BCUT2D eigenvalue weighted by Crippen LogP contribution is 2.30. The summed E-state index contributed by atoms with van der Waals surface area (Å²) in [4.78, 5) is 21.0. The number of hydrogen-bond donors (Lipinski definition) is 1. The van der Waals surface area contributed by atoms with Crippen molar-refractivity contribution in [1.29, 1.82) is 0 Å². The second kappa shape index (κ2) is 6.02. The van der Waals surface area contributed by atoms with E-state index >= 15 is 0 Å². The van der Waals surface area contributed by atoms with Crippen molar-refractivity contribution >= 4 is 17.5 Å². The smallest absolute Gasteiger partial charge is 0.228 e. The summed E-state index contributed by atoms with van der Waals surface area (Å²) >= 11 is 0. The highest BCUT2D eigenvalue weighted by molar-refractivity contribution is 5.93. The van der Waals surface area contributed by atoms with Gasteiger partial charge in [0.2, 0.25) is 5.91 Å². The van der Waals surface area contributed by atoms with Crippen LogP contribution in [0, 0.1) is 5.92 Å². The summed E-state index contributed by atoms with van der Waals surface area (Å²) in [6.07, 6.45) is 4.35. The van der Waals surface area contributed by atoms with Gasteiger partial charge in [0.25, 0.3) is 0 Å². The quantitative estimate of drug-likeness (QED) is 0.920. The van der Waals surface area contributed by atoms with Gasteiger partial charge in [-0.05, 0) is 58.0 Å². The molecule has 2 aliphatic rings. The topological polar surface area (TPSA) is 48.5 Å². The molecule has 1 N–H and O–H groups in total.